The van der Waals surface area contributed by atoms with Gasteiger partial charge in [-0.15, -0.1) is 11.3 Å². The zero-order chi connectivity index (χ0) is 17.7. The Bertz CT molecular complexity index is 770. The summed E-state index contributed by atoms with van der Waals surface area (Å²) in [6.07, 6.45) is 0.614. The summed E-state index contributed by atoms with van der Waals surface area (Å²) in [7, 11) is 0. The lowest BCUT2D eigenvalue weighted by Crippen LogP contribution is -2.47. The van der Waals surface area contributed by atoms with E-state index >= 15 is 0 Å². The summed E-state index contributed by atoms with van der Waals surface area (Å²) in [5.41, 5.74) is 0.176. The van der Waals surface area contributed by atoms with E-state index in [1.165, 1.54) is 17.4 Å². The minimum absolute atomic E-state index is 0.214. The molecule has 0 aromatic carbocycles. The molecule has 7 nitrogen and oxygen atoms in total. The molecule has 0 fully saturated rings. The van der Waals surface area contributed by atoms with Gasteiger partial charge in [0, 0.05) is 6.07 Å². The Morgan fingerprint density at radius 1 is 1.38 bits per heavy atom. The molecule has 0 radical (unpaired) electrons. The summed E-state index contributed by atoms with van der Waals surface area (Å²) in [5, 5.41) is 17.7. The van der Waals surface area contributed by atoms with Crippen molar-refractivity contribution >= 4 is 23.2 Å². The van der Waals surface area contributed by atoms with Crippen molar-refractivity contribution in [3.63, 3.8) is 0 Å². The van der Waals surface area contributed by atoms with Crippen molar-refractivity contribution in [1.82, 2.24) is 15.1 Å². The highest BCUT2D eigenvalue weighted by molar-refractivity contribution is 7.13. The molecule has 2 heterocycles. The molecule has 0 aliphatic rings. The van der Waals surface area contributed by atoms with Crippen LogP contribution in [0.25, 0.3) is 10.6 Å². The highest BCUT2D eigenvalue weighted by Crippen LogP contribution is 2.21. The molecule has 0 aliphatic carbocycles. The number of carbonyl (C=O) groups excluding carboxylic acids is 1. The fourth-order valence-corrected chi connectivity index (χ4v) is 2.85. The van der Waals surface area contributed by atoms with Crippen LogP contribution in [-0.2, 0) is 16.1 Å². The number of carboxylic acids is 1. The number of hydrogen-bond acceptors (Lipinski definition) is 5. The lowest BCUT2D eigenvalue weighted by molar-refractivity contribution is -0.143. The minimum atomic E-state index is -1.09. The molecule has 2 aromatic heterocycles. The Morgan fingerprint density at radius 3 is 2.71 bits per heavy atom. The normalized spacial score (nSPS) is 13.2. The number of carbonyl (C=O) groups is 2. The molecule has 8 heteroatoms. The van der Waals surface area contributed by atoms with Gasteiger partial charge in [0.25, 0.3) is 5.56 Å². The van der Waals surface area contributed by atoms with Crippen LogP contribution in [0.4, 0.5) is 0 Å². The van der Waals surface area contributed by atoms with Gasteiger partial charge in [0.2, 0.25) is 5.91 Å². The standard InChI is InChI=1S/C16H19N3O4S/c1-3-10(2)15(16(22)23)17-13(20)9-19-14(21)7-6-11(18-19)12-5-4-8-24-12/h4-8,10,15H,3,9H2,1-2H3,(H,17,20)(H,22,23)/t10-,15-/m0/s1. The SMILES string of the molecule is CC[C@H](C)[C@H](NC(=O)Cn1nc(-c2cccs2)ccc1=O)C(=O)O. The third-order valence-electron chi connectivity index (χ3n) is 3.73. The molecule has 0 aliphatic heterocycles. The van der Waals surface area contributed by atoms with Gasteiger partial charge >= 0.3 is 5.97 Å². The number of aromatic nitrogens is 2. The highest BCUT2D eigenvalue weighted by atomic mass is 32.1. The predicted molar refractivity (Wildman–Crippen MR) is 90.8 cm³/mol. The van der Waals surface area contributed by atoms with Gasteiger partial charge in [-0.05, 0) is 23.4 Å². The van der Waals surface area contributed by atoms with E-state index in [9.17, 15) is 19.5 Å². The van der Waals surface area contributed by atoms with Gasteiger partial charge in [0.1, 0.15) is 18.3 Å². The van der Waals surface area contributed by atoms with E-state index < -0.39 is 23.5 Å². The van der Waals surface area contributed by atoms with Crippen molar-refractivity contribution in [3.8, 4) is 10.6 Å². The number of rotatable bonds is 7. The first-order chi connectivity index (χ1) is 11.4. The van der Waals surface area contributed by atoms with Crippen molar-refractivity contribution in [3.05, 3.63) is 40.0 Å². The predicted octanol–water partition coefficient (Wildman–Crippen LogP) is 1.59. The minimum Gasteiger partial charge on any atom is -0.480 e. The molecule has 128 valence electrons. The first-order valence-corrected chi connectivity index (χ1v) is 8.44. The van der Waals surface area contributed by atoms with Crippen molar-refractivity contribution in [2.75, 3.05) is 0 Å². The van der Waals surface area contributed by atoms with Gasteiger partial charge in [0.05, 0.1) is 4.88 Å². The van der Waals surface area contributed by atoms with Gasteiger partial charge in [-0.3, -0.25) is 9.59 Å². The van der Waals surface area contributed by atoms with E-state index in [0.717, 1.165) is 9.56 Å². The zero-order valence-electron chi connectivity index (χ0n) is 13.4. The Hall–Kier alpha value is -2.48. The summed E-state index contributed by atoms with van der Waals surface area (Å²) < 4.78 is 1.04. The molecule has 2 aromatic rings. The monoisotopic (exact) mass is 349 g/mol. The fourth-order valence-electron chi connectivity index (χ4n) is 2.16. The first kappa shape index (κ1) is 17.9. The molecule has 0 saturated carbocycles. The molecule has 2 N–H and O–H groups in total. The maximum absolute atomic E-state index is 12.1. The first-order valence-electron chi connectivity index (χ1n) is 7.56. The van der Waals surface area contributed by atoms with Crippen LogP contribution in [0.1, 0.15) is 20.3 Å². The number of amides is 1. The van der Waals surface area contributed by atoms with E-state index in [1.54, 1.807) is 13.0 Å². The molecule has 0 spiro atoms. The Morgan fingerprint density at radius 2 is 2.12 bits per heavy atom. The van der Waals surface area contributed by atoms with E-state index in [1.807, 2.05) is 24.4 Å². The molecule has 24 heavy (non-hydrogen) atoms. The van der Waals surface area contributed by atoms with Gasteiger partial charge in [-0.2, -0.15) is 5.10 Å². The average molecular weight is 349 g/mol. The quantitative estimate of drug-likeness (QED) is 0.790. The van der Waals surface area contributed by atoms with Gasteiger partial charge in [-0.25, -0.2) is 9.48 Å². The molecular weight excluding hydrogens is 330 g/mol. The second-order valence-electron chi connectivity index (χ2n) is 5.46. The summed E-state index contributed by atoms with van der Waals surface area (Å²) in [6, 6.07) is 5.69. The maximum atomic E-state index is 12.1. The number of nitrogens with one attached hydrogen (secondary N) is 1. The zero-order valence-corrected chi connectivity index (χ0v) is 14.2. The van der Waals surface area contributed by atoms with Crippen LogP contribution in [0.15, 0.2) is 34.4 Å². The number of nitrogens with zero attached hydrogens (tertiary/aromatic N) is 2. The van der Waals surface area contributed by atoms with Crippen LogP contribution in [0.5, 0.6) is 0 Å². The summed E-state index contributed by atoms with van der Waals surface area (Å²) >= 11 is 1.47. The van der Waals surface area contributed by atoms with Crippen LogP contribution in [0.2, 0.25) is 0 Å². The topological polar surface area (TPSA) is 101 Å². The van der Waals surface area contributed by atoms with Gasteiger partial charge < -0.3 is 10.4 Å². The number of thiophene rings is 1. The van der Waals surface area contributed by atoms with Crippen molar-refractivity contribution < 1.29 is 14.7 Å². The van der Waals surface area contributed by atoms with Gasteiger partial charge in [-0.1, -0.05) is 26.3 Å². The van der Waals surface area contributed by atoms with Crippen LogP contribution in [-0.4, -0.2) is 32.8 Å². The number of aliphatic carboxylic acids is 1. The summed E-state index contributed by atoms with van der Waals surface area (Å²) in [5.74, 6) is -1.86. The molecule has 2 atom stereocenters. The Labute approximate surface area is 142 Å². The van der Waals surface area contributed by atoms with E-state index in [4.69, 9.17) is 0 Å². The highest BCUT2D eigenvalue weighted by Gasteiger charge is 2.25. The van der Waals surface area contributed by atoms with E-state index in [2.05, 4.69) is 10.4 Å². The lowest BCUT2D eigenvalue weighted by Gasteiger charge is -2.20. The smallest absolute Gasteiger partial charge is 0.326 e. The Balaban J connectivity index is 2.15. The summed E-state index contributed by atoms with van der Waals surface area (Å²) in [4.78, 5) is 36.2. The van der Waals surface area contributed by atoms with E-state index in [0.29, 0.717) is 12.1 Å². The van der Waals surface area contributed by atoms with E-state index in [-0.39, 0.29) is 12.5 Å². The molecule has 0 unspecified atom stereocenters. The lowest BCUT2D eigenvalue weighted by atomic mass is 9.99. The number of hydrogen-bond donors (Lipinski definition) is 2. The van der Waals surface area contributed by atoms with Crippen LogP contribution >= 0.6 is 11.3 Å². The molecule has 0 saturated heterocycles. The van der Waals surface area contributed by atoms with Crippen LogP contribution < -0.4 is 10.9 Å². The molecule has 2 rings (SSSR count). The van der Waals surface area contributed by atoms with Crippen molar-refractivity contribution in [2.45, 2.75) is 32.9 Å². The van der Waals surface area contributed by atoms with Crippen molar-refractivity contribution in [2.24, 2.45) is 5.92 Å². The molecule has 0 bridgehead atoms. The summed E-state index contributed by atoms with van der Waals surface area (Å²) in [6.45, 7) is 3.28. The second-order valence-corrected chi connectivity index (χ2v) is 6.41. The van der Waals surface area contributed by atoms with Crippen LogP contribution in [0.3, 0.4) is 0 Å². The third-order valence-corrected chi connectivity index (χ3v) is 4.62. The molecular formula is C16H19N3O4S. The van der Waals surface area contributed by atoms with Gasteiger partial charge in [0.15, 0.2) is 0 Å². The average Bonchev–Trinajstić information content (AvgIpc) is 3.08. The number of carboxylic acid groups (broad SMARTS) is 1. The Kier molecular flexibility index (Phi) is 5.86. The fraction of sp³-hybridized carbons (Fsp3) is 0.375. The maximum Gasteiger partial charge on any atom is 0.326 e. The third kappa shape index (κ3) is 4.29. The second kappa shape index (κ2) is 7.87. The van der Waals surface area contributed by atoms with Crippen molar-refractivity contribution in [1.29, 1.82) is 0 Å². The largest absolute Gasteiger partial charge is 0.480 e. The van der Waals surface area contributed by atoms with Crippen LogP contribution in [0, 0.1) is 5.92 Å². The molecule has 1 amide bonds.